The Kier molecular flexibility index (Phi) is 4.54. The molecule has 1 saturated carbocycles. The van der Waals surface area contributed by atoms with E-state index in [2.05, 4.69) is 10.2 Å². The van der Waals surface area contributed by atoms with E-state index in [-0.39, 0.29) is 12.8 Å². The fourth-order valence-corrected chi connectivity index (χ4v) is 3.32. The normalized spacial score (nSPS) is 32.7. The molecule has 0 atom stereocenters. The van der Waals surface area contributed by atoms with Crippen LogP contribution in [0.2, 0.25) is 0 Å². The van der Waals surface area contributed by atoms with Gasteiger partial charge in [0.2, 0.25) is 0 Å². The zero-order valence-electron chi connectivity index (χ0n) is 11.0. The van der Waals surface area contributed by atoms with E-state index in [1.54, 1.807) is 0 Å². The molecule has 1 N–H and O–H groups in total. The van der Waals surface area contributed by atoms with Crippen molar-refractivity contribution in [3.8, 4) is 0 Å². The van der Waals surface area contributed by atoms with E-state index in [9.17, 15) is 13.2 Å². The van der Waals surface area contributed by atoms with Crippen LogP contribution < -0.4 is 5.32 Å². The van der Waals surface area contributed by atoms with Crippen LogP contribution in [-0.4, -0.2) is 43.3 Å². The maximum Gasteiger partial charge on any atom is 0.391 e. The van der Waals surface area contributed by atoms with Crippen molar-refractivity contribution in [2.24, 2.45) is 5.92 Å². The summed E-state index contributed by atoms with van der Waals surface area (Å²) < 4.78 is 37.7. The molecule has 0 unspecified atom stereocenters. The van der Waals surface area contributed by atoms with Crippen molar-refractivity contribution in [1.82, 2.24) is 10.2 Å². The predicted molar refractivity (Wildman–Crippen MR) is 65.5 cm³/mol. The van der Waals surface area contributed by atoms with E-state index in [1.165, 1.54) is 0 Å². The summed E-state index contributed by atoms with van der Waals surface area (Å²) in [4.78, 5) is 2.29. The standard InChI is InChI=1S/C13H23F3N2/c1-17-11-2-4-12(5-3-11)18-8-6-10(7-9-18)13(14,15)16/h10-12,17H,2-9H2,1H3. The fraction of sp³-hybridized carbons (Fsp3) is 1.00. The molecule has 2 nitrogen and oxygen atoms in total. The lowest BCUT2D eigenvalue weighted by atomic mass is 9.87. The molecular weight excluding hydrogens is 241 g/mol. The molecule has 2 rings (SSSR count). The number of alkyl halides is 3. The van der Waals surface area contributed by atoms with Gasteiger partial charge in [-0.1, -0.05) is 0 Å². The SMILES string of the molecule is CNC1CCC(N2CCC(C(F)(F)F)CC2)CC1. The minimum Gasteiger partial charge on any atom is -0.317 e. The van der Waals surface area contributed by atoms with Gasteiger partial charge in [-0.05, 0) is 58.7 Å². The molecule has 106 valence electrons. The monoisotopic (exact) mass is 264 g/mol. The average molecular weight is 264 g/mol. The van der Waals surface area contributed by atoms with Crippen molar-refractivity contribution >= 4 is 0 Å². The number of rotatable bonds is 2. The van der Waals surface area contributed by atoms with Crippen LogP contribution in [0, 0.1) is 5.92 Å². The summed E-state index contributed by atoms with van der Waals surface area (Å²) in [5.41, 5.74) is 0. The van der Waals surface area contributed by atoms with Gasteiger partial charge in [-0.2, -0.15) is 13.2 Å². The molecule has 18 heavy (non-hydrogen) atoms. The van der Waals surface area contributed by atoms with Crippen LogP contribution in [0.15, 0.2) is 0 Å². The van der Waals surface area contributed by atoms with Crippen LogP contribution in [0.4, 0.5) is 13.2 Å². The Morgan fingerprint density at radius 1 is 0.944 bits per heavy atom. The molecule has 0 amide bonds. The summed E-state index contributed by atoms with van der Waals surface area (Å²) in [7, 11) is 1.99. The van der Waals surface area contributed by atoms with Crippen LogP contribution in [0.5, 0.6) is 0 Å². The van der Waals surface area contributed by atoms with E-state index in [0.717, 1.165) is 25.7 Å². The van der Waals surface area contributed by atoms with Crippen LogP contribution in [-0.2, 0) is 0 Å². The highest BCUT2D eigenvalue weighted by atomic mass is 19.4. The largest absolute Gasteiger partial charge is 0.391 e. The van der Waals surface area contributed by atoms with E-state index >= 15 is 0 Å². The van der Waals surface area contributed by atoms with Crippen molar-refractivity contribution < 1.29 is 13.2 Å². The Morgan fingerprint density at radius 2 is 1.50 bits per heavy atom. The summed E-state index contributed by atoms with van der Waals surface area (Å²) in [5, 5.41) is 3.29. The topological polar surface area (TPSA) is 15.3 Å². The maximum atomic E-state index is 12.6. The van der Waals surface area contributed by atoms with E-state index in [4.69, 9.17) is 0 Å². The molecule has 1 aliphatic carbocycles. The lowest BCUT2D eigenvalue weighted by molar-refractivity contribution is -0.186. The van der Waals surface area contributed by atoms with Gasteiger partial charge in [-0.15, -0.1) is 0 Å². The quantitative estimate of drug-likeness (QED) is 0.825. The Balaban J connectivity index is 1.77. The highest BCUT2D eigenvalue weighted by Gasteiger charge is 2.42. The molecule has 2 aliphatic rings. The van der Waals surface area contributed by atoms with Gasteiger partial charge in [0.05, 0.1) is 5.92 Å². The second-order valence-electron chi connectivity index (χ2n) is 5.65. The van der Waals surface area contributed by atoms with Crippen LogP contribution in [0.25, 0.3) is 0 Å². The van der Waals surface area contributed by atoms with E-state index in [1.807, 2.05) is 7.05 Å². The number of nitrogens with one attached hydrogen (secondary N) is 1. The summed E-state index contributed by atoms with van der Waals surface area (Å²) in [6.07, 6.45) is 1.14. The van der Waals surface area contributed by atoms with Gasteiger partial charge in [0.15, 0.2) is 0 Å². The fourth-order valence-electron chi connectivity index (χ4n) is 3.32. The summed E-state index contributed by atoms with van der Waals surface area (Å²) >= 11 is 0. The number of nitrogens with zero attached hydrogens (tertiary/aromatic N) is 1. The third-order valence-electron chi connectivity index (χ3n) is 4.61. The van der Waals surface area contributed by atoms with Gasteiger partial charge < -0.3 is 10.2 Å². The lowest BCUT2D eigenvalue weighted by Gasteiger charge is -2.41. The summed E-state index contributed by atoms with van der Waals surface area (Å²) in [6, 6.07) is 1.12. The number of halogens is 3. The first kappa shape index (κ1) is 14.1. The first-order chi connectivity index (χ1) is 8.50. The molecule has 0 aromatic heterocycles. The van der Waals surface area contributed by atoms with Gasteiger partial charge in [-0.3, -0.25) is 0 Å². The first-order valence-electron chi connectivity index (χ1n) is 6.98. The number of hydrogen-bond acceptors (Lipinski definition) is 2. The molecule has 0 aromatic rings. The molecule has 5 heteroatoms. The number of likely N-dealkylation sites (tertiary alicyclic amines) is 1. The Hall–Kier alpha value is -0.290. The van der Waals surface area contributed by atoms with E-state index in [0.29, 0.717) is 25.2 Å². The molecule has 1 saturated heterocycles. The first-order valence-corrected chi connectivity index (χ1v) is 6.98. The molecule has 1 aliphatic heterocycles. The number of hydrogen-bond donors (Lipinski definition) is 1. The molecule has 2 fully saturated rings. The van der Waals surface area contributed by atoms with Crippen LogP contribution in [0.1, 0.15) is 38.5 Å². The highest BCUT2D eigenvalue weighted by molar-refractivity contribution is 4.86. The van der Waals surface area contributed by atoms with Crippen LogP contribution in [0.3, 0.4) is 0 Å². The van der Waals surface area contributed by atoms with Gasteiger partial charge in [0.1, 0.15) is 0 Å². The highest BCUT2D eigenvalue weighted by Crippen LogP contribution is 2.35. The Labute approximate surface area is 107 Å². The third-order valence-corrected chi connectivity index (χ3v) is 4.61. The molecule has 0 spiro atoms. The molecule has 0 bridgehead atoms. The zero-order chi connectivity index (χ0) is 13.2. The molecule has 0 radical (unpaired) electrons. The number of piperidine rings is 1. The molecular formula is C13H23F3N2. The third kappa shape index (κ3) is 3.38. The van der Waals surface area contributed by atoms with Crippen molar-refractivity contribution in [2.45, 2.75) is 56.8 Å². The maximum absolute atomic E-state index is 12.6. The summed E-state index contributed by atoms with van der Waals surface area (Å²) in [5.74, 6) is -1.07. The molecule has 1 heterocycles. The Bertz CT molecular complexity index is 251. The van der Waals surface area contributed by atoms with Gasteiger partial charge in [0.25, 0.3) is 0 Å². The van der Waals surface area contributed by atoms with Crippen molar-refractivity contribution in [2.75, 3.05) is 20.1 Å². The van der Waals surface area contributed by atoms with Crippen LogP contribution >= 0.6 is 0 Å². The average Bonchev–Trinajstić information content (AvgIpc) is 2.38. The van der Waals surface area contributed by atoms with Crippen molar-refractivity contribution in [3.63, 3.8) is 0 Å². The lowest BCUT2D eigenvalue weighted by Crippen LogP contribution is -2.47. The van der Waals surface area contributed by atoms with Gasteiger partial charge >= 0.3 is 6.18 Å². The van der Waals surface area contributed by atoms with Gasteiger partial charge in [-0.25, -0.2) is 0 Å². The van der Waals surface area contributed by atoms with Gasteiger partial charge in [0, 0.05) is 12.1 Å². The Morgan fingerprint density at radius 3 is 1.94 bits per heavy atom. The van der Waals surface area contributed by atoms with E-state index < -0.39 is 12.1 Å². The minimum absolute atomic E-state index is 0.287. The van der Waals surface area contributed by atoms with Crippen molar-refractivity contribution in [3.05, 3.63) is 0 Å². The predicted octanol–water partition coefficient (Wildman–Crippen LogP) is 2.79. The second kappa shape index (κ2) is 5.78. The minimum atomic E-state index is -3.99. The second-order valence-corrected chi connectivity index (χ2v) is 5.65. The smallest absolute Gasteiger partial charge is 0.317 e. The summed E-state index contributed by atoms with van der Waals surface area (Å²) in [6.45, 7) is 1.25. The van der Waals surface area contributed by atoms with Crippen molar-refractivity contribution in [1.29, 1.82) is 0 Å². The molecule has 0 aromatic carbocycles. The zero-order valence-corrected chi connectivity index (χ0v) is 11.0.